The van der Waals surface area contributed by atoms with E-state index >= 15 is 0 Å². The molecule has 0 atom stereocenters. The number of hydrogen-bond acceptors (Lipinski definition) is 6. The number of sulfonamides is 1. The third-order valence-electron chi connectivity index (χ3n) is 6.38. The van der Waals surface area contributed by atoms with Gasteiger partial charge in [-0.15, -0.1) is 0 Å². The number of aromatic nitrogens is 1. The van der Waals surface area contributed by atoms with Crippen molar-refractivity contribution in [3.8, 4) is 11.5 Å². The minimum Gasteiger partial charge on any atom is -0.497 e. The molecule has 1 saturated carbocycles. The van der Waals surface area contributed by atoms with Gasteiger partial charge in [-0.1, -0.05) is 0 Å². The van der Waals surface area contributed by atoms with Crippen LogP contribution in [-0.4, -0.2) is 74.9 Å². The Bertz CT molecular complexity index is 1110. The summed E-state index contributed by atoms with van der Waals surface area (Å²) in [6.45, 7) is 6.03. The van der Waals surface area contributed by atoms with Crippen molar-refractivity contribution >= 4 is 15.8 Å². The molecule has 2 fully saturated rings. The molecular weight excluding hydrogens is 430 g/mol. The van der Waals surface area contributed by atoms with E-state index in [2.05, 4.69) is 11.5 Å². The van der Waals surface area contributed by atoms with Crippen LogP contribution in [0.5, 0.6) is 11.5 Å². The highest BCUT2D eigenvalue weighted by atomic mass is 32.2. The van der Waals surface area contributed by atoms with Gasteiger partial charge in [0, 0.05) is 55.2 Å². The van der Waals surface area contributed by atoms with E-state index in [0.717, 1.165) is 17.0 Å². The summed E-state index contributed by atoms with van der Waals surface area (Å²) in [4.78, 5) is 15.1. The quantitative estimate of drug-likeness (QED) is 0.562. The lowest BCUT2D eigenvalue weighted by Gasteiger charge is -2.33. The second-order valence-electron chi connectivity index (χ2n) is 8.51. The summed E-state index contributed by atoms with van der Waals surface area (Å²) in [6, 6.07) is 7.23. The fourth-order valence-corrected chi connectivity index (χ4v) is 6.06. The number of piperazine rings is 1. The van der Waals surface area contributed by atoms with Crippen LogP contribution in [0.2, 0.25) is 0 Å². The summed E-state index contributed by atoms with van der Waals surface area (Å²) in [6.07, 6.45) is 2.36. The summed E-state index contributed by atoms with van der Waals surface area (Å²) in [5.41, 5.74) is 2.97. The van der Waals surface area contributed by atoms with Crippen LogP contribution in [0.4, 0.5) is 0 Å². The van der Waals surface area contributed by atoms with Crippen LogP contribution in [0.15, 0.2) is 29.2 Å². The Morgan fingerprint density at radius 3 is 2.31 bits per heavy atom. The van der Waals surface area contributed by atoms with E-state index in [1.54, 1.807) is 12.1 Å². The van der Waals surface area contributed by atoms with E-state index < -0.39 is 10.0 Å². The van der Waals surface area contributed by atoms with Gasteiger partial charge in [-0.05, 0) is 44.9 Å². The van der Waals surface area contributed by atoms with E-state index in [1.807, 2.05) is 17.9 Å². The predicted octanol–water partition coefficient (Wildman–Crippen LogP) is 2.65. The van der Waals surface area contributed by atoms with Gasteiger partial charge in [-0.2, -0.15) is 4.31 Å². The molecule has 9 heteroatoms. The molecule has 32 heavy (non-hydrogen) atoms. The molecule has 1 saturated heterocycles. The van der Waals surface area contributed by atoms with Gasteiger partial charge in [-0.25, -0.2) is 8.42 Å². The third kappa shape index (κ3) is 4.29. The maximum atomic E-state index is 13.2. The lowest BCUT2D eigenvalue weighted by atomic mass is 10.1. The van der Waals surface area contributed by atoms with Crippen molar-refractivity contribution in [2.75, 3.05) is 46.9 Å². The minimum absolute atomic E-state index is 0.0955. The van der Waals surface area contributed by atoms with Gasteiger partial charge >= 0.3 is 0 Å². The average Bonchev–Trinajstić information content (AvgIpc) is 3.57. The highest BCUT2D eigenvalue weighted by Crippen LogP contribution is 2.38. The van der Waals surface area contributed by atoms with Gasteiger partial charge in [0.15, 0.2) is 5.78 Å². The van der Waals surface area contributed by atoms with Crippen molar-refractivity contribution in [1.82, 2.24) is 13.8 Å². The van der Waals surface area contributed by atoms with Gasteiger partial charge in [0.2, 0.25) is 10.0 Å². The second kappa shape index (κ2) is 8.88. The zero-order chi connectivity index (χ0) is 23.0. The highest BCUT2D eigenvalue weighted by Gasteiger charge is 2.32. The monoisotopic (exact) mass is 461 g/mol. The molecule has 0 N–H and O–H groups in total. The SMILES string of the molecule is COc1ccc(S(=O)(=O)N2CCN(CC(=O)c3cc(C)n(C4CC4)c3C)CC2)c(OC)c1. The highest BCUT2D eigenvalue weighted by molar-refractivity contribution is 7.89. The lowest BCUT2D eigenvalue weighted by molar-refractivity contribution is 0.0901. The molecule has 0 amide bonds. The van der Waals surface area contributed by atoms with Crippen LogP contribution in [-0.2, 0) is 10.0 Å². The third-order valence-corrected chi connectivity index (χ3v) is 8.32. The van der Waals surface area contributed by atoms with Crippen molar-refractivity contribution in [2.24, 2.45) is 0 Å². The Hall–Kier alpha value is -2.36. The summed E-state index contributed by atoms with van der Waals surface area (Å²) in [7, 11) is -0.745. The molecule has 174 valence electrons. The molecule has 1 aromatic heterocycles. The predicted molar refractivity (Wildman–Crippen MR) is 121 cm³/mol. The summed E-state index contributed by atoms with van der Waals surface area (Å²) >= 11 is 0. The lowest BCUT2D eigenvalue weighted by Crippen LogP contribution is -2.49. The first kappa shape index (κ1) is 22.8. The van der Waals surface area contributed by atoms with Crippen molar-refractivity contribution in [3.63, 3.8) is 0 Å². The van der Waals surface area contributed by atoms with E-state index in [1.165, 1.54) is 37.4 Å². The first-order valence-corrected chi connectivity index (χ1v) is 12.4. The Morgan fingerprint density at radius 2 is 1.72 bits per heavy atom. The molecule has 8 nitrogen and oxygen atoms in total. The number of benzene rings is 1. The number of ketones is 1. The number of ether oxygens (including phenoxy) is 2. The number of nitrogens with zero attached hydrogens (tertiary/aromatic N) is 3. The first-order chi connectivity index (χ1) is 15.3. The topological polar surface area (TPSA) is 81.1 Å². The molecule has 1 aromatic carbocycles. The van der Waals surface area contributed by atoms with Crippen LogP contribution in [0.1, 0.15) is 40.6 Å². The summed E-state index contributed by atoms with van der Waals surface area (Å²) in [5, 5.41) is 0. The van der Waals surface area contributed by atoms with Crippen LogP contribution < -0.4 is 9.47 Å². The molecule has 2 aliphatic rings. The van der Waals surface area contributed by atoms with Crippen LogP contribution in [0, 0.1) is 13.8 Å². The summed E-state index contributed by atoms with van der Waals surface area (Å²) < 4.78 is 40.6. The fourth-order valence-electron chi connectivity index (χ4n) is 4.50. The van der Waals surface area contributed by atoms with Crippen molar-refractivity contribution in [2.45, 2.75) is 37.6 Å². The standard InChI is InChI=1S/C23H31N3O5S/c1-16-13-20(17(2)26(16)18-5-6-18)21(27)15-24-9-11-25(12-10-24)32(28,29)23-8-7-19(30-3)14-22(23)31-4/h7-8,13-14,18H,5-6,9-12,15H2,1-4H3. The van der Waals surface area contributed by atoms with Crippen molar-refractivity contribution < 1.29 is 22.7 Å². The number of hydrogen-bond donors (Lipinski definition) is 0. The largest absolute Gasteiger partial charge is 0.497 e. The summed E-state index contributed by atoms with van der Waals surface area (Å²) in [5.74, 6) is 0.885. The first-order valence-electron chi connectivity index (χ1n) is 10.9. The van der Waals surface area contributed by atoms with Crippen LogP contribution in [0.25, 0.3) is 0 Å². The van der Waals surface area contributed by atoms with Gasteiger partial charge in [0.1, 0.15) is 16.4 Å². The molecule has 0 unspecified atom stereocenters. The van der Waals surface area contributed by atoms with E-state index in [0.29, 0.717) is 44.5 Å². The Kier molecular flexibility index (Phi) is 6.33. The van der Waals surface area contributed by atoms with E-state index in [-0.39, 0.29) is 16.4 Å². The maximum absolute atomic E-state index is 13.2. The van der Waals surface area contributed by atoms with Crippen molar-refractivity contribution in [3.05, 3.63) is 41.2 Å². The Labute approximate surface area is 189 Å². The van der Waals surface area contributed by atoms with E-state index in [4.69, 9.17) is 9.47 Å². The molecule has 1 aliphatic heterocycles. The molecule has 1 aliphatic carbocycles. The number of rotatable bonds is 8. The van der Waals surface area contributed by atoms with Gasteiger partial charge in [0.05, 0.1) is 20.8 Å². The average molecular weight is 462 g/mol. The number of carbonyl (C=O) groups excluding carboxylic acids is 1. The molecule has 0 bridgehead atoms. The molecular formula is C23H31N3O5S. The molecule has 0 spiro atoms. The minimum atomic E-state index is -3.71. The van der Waals surface area contributed by atoms with Crippen molar-refractivity contribution in [1.29, 1.82) is 0 Å². The van der Waals surface area contributed by atoms with Crippen LogP contribution >= 0.6 is 0 Å². The molecule has 0 radical (unpaired) electrons. The van der Waals surface area contributed by atoms with Crippen LogP contribution in [0.3, 0.4) is 0 Å². The zero-order valence-electron chi connectivity index (χ0n) is 19.1. The number of aryl methyl sites for hydroxylation is 1. The zero-order valence-corrected chi connectivity index (χ0v) is 19.9. The Balaban J connectivity index is 1.41. The van der Waals surface area contributed by atoms with Gasteiger partial charge < -0.3 is 14.0 Å². The number of carbonyl (C=O) groups is 1. The molecule has 4 rings (SSSR count). The number of Topliss-reactive ketones (excluding diaryl/α,β-unsaturated/α-hetero) is 1. The van der Waals surface area contributed by atoms with Gasteiger partial charge in [0.25, 0.3) is 0 Å². The Morgan fingerprint density at radius 1 is 1.03 bits per heavy atom. The molecule has 2 heterocycles. The molecule has 2 aromatic rings. The normalized spacial score (nSPS) is 18.0. The smallest absolute Gasteiger partial charge is 0.246 e. The fraction of sp³-hybridized carbons (Fsp3) is 0.522. The maximum Gasteiger partial charge on any atom is 0.246 e. The second-order valence-corrected chi connectivity index (χ2v) is 10.4. The number of methoxy groups -OCH3 is 2. The van der Waals surface area contributed by atoms with Gasteiger partial charge in [-0.3, -0.25) is 9.69 Å². The van der Waals surface area contributed by atoms with E-state index in [9.17, 15) is 13.2 Å².